The smallest absolute Gasteiger partial charge is 0.00494 e. The molecule has 21 heavy (non-hydrogen) atoms. The molecule has 1 heteroatoms. The molecule has 128 valence electrons. The lowest BCUT2D eigenvalue weighted by atomic mass is 9.91. The lowest BCUT2D eigenvalue weighted by molar-refractivity contribution is 0.378. The number of rotatable bonds is 15. The molecule has 0 aliphatic carbocycles. The van der Waals surface area contributed by atoms with E-state index in [-0.39, 0.29) is 0 Å². The summed E-state index contributed by atoms with van der Waals surface area (Å²) in [6.45, 7) is 10.8. The Morgan fingerprint density at radius 3 is 1.48 bits per heavy atom. The molecule has 0 saturated carbocycles. The average Bonchev–Trinajstić information content (AvgIpc) is 2.45. The van der Waals surface area contributed by atoms with Gasteiger partial charge in [-0.2, -0.15) is 0 Å². The first kappa shape index (κ1) is 21.0. The predicted octanol–water partition coefficient (Wildman–Crippen LogP) is 6.43. The van der Waals surface area contributed by atoms with Crippen molar-refractivity contribution in [3.63, 3.8) is 0 Å². The molecule has 3 unspecified atom stereocenters. The van der Waals surface area contributed by atoms with E-state index >= 15 is 0 Å². The Morgan fingerprint density at radius 2 is 1.05 bits per heavy atom. The van der Waals surface area contributed by atoms with Crippen LogP contribution >= 0.6 is 0 Å². The normalized spacial score (nSPS) is 15.9. The number of hydrogen-bond acceptors (Lipinski definition) is 1. The van der Waals surface area contributed by atoms with Gasteiger partial charge in [-0.15, -0.1) is 0 Å². The molecule has 0 radical (unpaired) electrons. The van der Waals surface area contributed by atoms with Gasteiger partial charge in [-0.1, -0.05) is 91.9 Å². The highest BCUT2D eigenvalue weighted by Crippen LogP contribution is 2.22. The summed E-state index contributed by atoms with van der Waals surface area (Å²) in [5.41, 5.74) is 0. The van der Waals surface area contributed by atoms with Crippen LogP contribution in [0.15, 0.2) is 0 Å². The molecular weight excluding hydrogens is 254 g/mol. The van der Waals surface area contributed by atoms with Crippen molar-refractivity contribution in [1.82, 2.24) is 5.32 Å². The molecule has 0 aromatic carbocycles. The average molecular weight is 298 g/mol. The predicted molar refractivity (Wildman–Crippen MR) is 97.9 cm³/mol. The van der Waals surface area contributed by atoms with Crippen molar-refractivity contribution in [2.45, 2.75) is 98.3 Å². The topological polar surface area (TPSA) is 12.0 Å². The monoisotopic (exact) mass is 297 g/mol. The zero-order valence-electron chi connectivity index (χ0n) is 15.7. The summed E-state index contributed by atoms with van der Waals surface area (Å²) < 4.78 is 0. The van der Waals surface area contributed by atoms with Crippen LogP contribution in [0.25, 0.3) is 0 Å². The molecule has 0 heterocycles. The Bertz CT molecular complexity index is 202. The molecule has 0 rings (SSSR count). The van der Waals surface area contributed by atoms with Crippen LogP contribution in [0, 0.1) is 17.8 Å². The molecule has 0 aliphatic heterocycles. The second kappa shape index (κ2) is 14.9. The lowest BCUT2D eigenvalue weighted by Crippen LogP contribution is -2.11. The maximum atomic E-state index is 3.25. The van der Waals surface area contributed by atoms with E-state index in [0.29, 0.717) is 0 Å². The molecule has 0 aromatic rings. The van der Waals surface area contributed by atoms with Gasteiger partial charge in [0.2, 0.25) is 0 Å². The van der Waals surface area contributed by atoms with Gasteiger partial charge in [0.05, 0.1) is 0 Å². The molecule has 1 nitrogen and oxygen atoms in total. The van der Waals surface area contributed by atoms with Crippen LogP contribution in [-0.4, -0.2) is 13.6 Å². The Balaban J connectivity index is 3.43. The summed E-state index contributed by atoms with van der Waals surface area (Å²) >= 11 is 0. The van der Waals surface area contributed by atoms with Crippen LogP contribution in [0.3, 0.4) is 0 Å². The molecule has 3 atom stereocenters. The molecule has 0 amide bonds. The largest absolute Gasteiger partial charge is 0.320 e. The Hall–Kier alpha value is -0.0400. The summed E-state index contributed by atoms with van der Waals surface area (Å²) in [7, 11) is 2.05. The van der Waals surface area contributed by atoms with Crippen molar-refractivity contribution in [1.29, 1.82) is 0 Å². The molecule has 0 fully saturated rings. The molecule has 0 aliphatic rings. The second-order valence-electron chi connectivity index (χ2n) is 7.57. The van der Waals surface area contributed by atoms with Gasteiger partial charge in [-0.3, -0.25) is 0 Å². The van der Waals surface area contributed by atoms with Crippen molar-refractivity contribution in [2.75, 3.05) is 13.6 Å². The van der Waals surface area contributed by atoms with Gasteiger partial charge in [0, 0.05) is 0 Å². The zero-order chi connectivity index (χ0) is 15.9. The fourth-order valence-corrected chi connectivity index (χ4v) is 3.20. The van der Waals surface area contributed by atoms with E-state index in [1.54, 1.807) is 0 Å². The number of unbranched alkanes of at least 4 members (excludes halogenated alkanes) is 2. The second-order valence-corrected chi connectivity index (χ2v) is 7.57. The van der Waals surface area contributed by atoms with E-state index in [1.807, 2.05) is 0 Å². The first-order valence-electron chi connectivity index (χ1n) is 9.74. The van der Waals surface area contributed by atoms with E-state index < -0.39 is 0 Å². The first-order chi connectivity index (χ1) is 10.1. The van der Waals surface area contributed by atoms with Crippen LogP contribution < -0.4 is 5.32 Å². The molecule has 0 aromatic heterocycles. The van der Waals surface area contributed by atoms with Crippen molar-refractivity contribution in [3.05, 3.63) is 0 Å². The van der Waals surface area contributed by atoms with Crippen LogP contribution in [-0.2, 0) is 0 Å². The molecular formula is C20H43N. The van der Waals surface area contributed by atoms with Gasteiger partial charge in [-0.25, -0.2) is 0 Å². The first-order valence-corrected chi connectivity index (χ1v) is 9.74. The number of hydrogen-bond donors (Lipinski definition) is 1. The van der Waals surface area contributed by atoms with Gasteiger partial charge in [0.15, 0.2) is 0 Å². The quantitative estimate of drug-likeness (QED) is 0.344. The summed E-state index contributed by atoms with van der Waals surface area (Å²) in [6, 6.07) is 0. The van der Waals surface area contributed by atoms with Crippen LogP contribution in [0.1, 0.15) is 98.3 Å². The highest BCUT2D eigenvalue weighted by Gasteiger charge is 2.07. The summed E-state index contributed by atoms with van der Waals surface area (Å²) in [5, 5.41) is 3.25. The van der Waals surface area contributed by atoms with Crippen molar-refractivity contribution in [3.8, 4) is 0 Å². The summed E-state index contributed by atoms with van der Waals surface area (Å²) in [6.07, 6.45) is 15.6. The molecule has 0 bridgehead atoms. The van der Waals surface area contributed by atoms with Gasteiger partial charge in [0.1, 0.15) is 0 Å². The molecule has 0 saturated heterocycles. The maximum absolute atomic E-state index is 3.25. The minimum Gasteiger partial charge on any atom is -0.320 e. The highest BCUT2D eigenvalue weighted by atomic mass is 14.8. The third-order valence-corrected chi connectivity index (χ3v) is 4.98. The van der Waals surface area contributed by atoms with Crippen LogP contribution in [0.2, 0.25) is 0 Å². The van der Waals surface area contributed by atoms with Crippen LogP contribution in [0.5, 0.6) is 0 Å². The van der Waals surface area contributed by atoms with Crippen LogP contribution in [0.4, 0.5) is 0 Å². The maximum Gasteiger partial charge on any atom is -0.00494 e. The van der Waals surface area contributed by atoms with Crippen molar-refractivity contribution < 1.29 is 0 Å². The van der Waals surface area contributed by atoms with Gasteiger partial charge < -0.3 is 5.32 Å². The Kier molecular flexibility index (Phi) is 14.9. The van der Waals surface area contributed by atoms with E-state index in [2.05, 4.69) is 40.1 Å². The van der Waals surface area contributed by atoms with Crippen molar-refractivity contribution in [2.24, 2.45) is 17.8 Å². The van der Waals surface area contributed by atoms with E-state index in [0.717, 1.165) is 17.8 Å². The third kappa shape index (κ3) is 14.7. The third-order valence-electron chi connectivity index (χ3n) is 4.98. The van der Waals surface area contributed by atoms with E-state index in [4.69, 9.17) is 0 Å². The number of nitrogens with one attached hydrogen (secondary N) is 1. The molecule has 0 spiro atoms. The van der Waals surface area contributed by atoms with Crippen molar-refractivity contribution >= 4 is 0 Å². The zero-order valence-corrected chi connectivity index (χ0v) is 15.7. The summed E-state index contributed by atoms with van der Waals surface area (Å²) in [5.74, 6) is 2.78. The van der Waals surface area contributed by atoms with Gasteiger partial charge in [0.25, 0.3) is 0 Å². The van der Waals surface area contributed by atoms with Gasteiger partial charge >= 0.3 is 0 Å². The minimum absolute atomic E-state index is 0.892. The lowest BCUT2D eigenvalue weighted by Gasteiger charge is -2.16. The SMILES string of the molecule is CCCCCC(C)CCCC(C)CCCC(C)CCNC. The fraction of sp³-hybridized carbons (Fsp3) is 1.00. The minimum atomic E-state index is 0.892. The standard InChI is InChI=1S/C20H43N/c1-6-7-8-11-18(2)12-9-13-19(3)14-10-15-20(4)16-17-21-5/h18-21H,6-17H2,1-5H3. The fourth-order valence-electron chi connectivity index (χ4n) is 3.20. The Labute approximate surface area is 135 Å². The molecule has 1 N–H and O–H groups in total. The van der Waals surface area contributed by atoms with Gasteiger partial charge in [-0.05, 0) is 37.8 Å². The Morgan fingerprint density at radius 1 is 0.619 bits per heavy atom. The van der Waals surface area contributed by atoms with E-state index in [1.165, 1.54) is 77.2 Å². The van der Waals surface area contributed by atoms with E-state index in [9.17, 15) is 0 Å². The highest BCUT2D eigenvalue weighted by molar-refractivity contribution is 4.61. The summed E-state index contributed by atoms with van der Waals surface area (Å²) in [4.78, 5) is 0.